The van der Waals surface area contributed by atoms with Crippen molar-refractivity contribution in [2.24, 2.45) is 0 Å². The molecule has 0 amide bonds. The smallest absolute Gasteiger partial charge is 0.238 e. The van der Waals surface area contributed by atoms with Crippen LogP contribution in [0.4, 0.5) is 0 Å². The zero-order valence-electron chi connectivity index (χ0n) is 23.4. The van der Waals surface area contributed by atoms with Crippen molar-refractivity contribution in [1.82, 2.24) is 34.3 Å². The summed E-state index contributed by atoms with van der Waals surface area (Å²) in [5, 5.41) is 12.8. The Hall–Kier alpha value is -6.21. The quantitative estimate of drug-likeness (QED) is 0.215. The minimum absolute atomic E-state index is 0.523. The van der Waals surface area contributed by atoms with E-state index >= 15 is 0 Å². The lowest BCUT2D eigenvalue weighted by Crippen LogP contribution is -2.07. The summed E-state index contributed by atoms with van der Waals surface area (Å²) in [6, 6.07) is 47.0. The summed E-state index contributed by atoms with van der Waals surface area (Å²) in [4.78, 5) is 15.2. The Morgan fingerprint density at radius 2 is 0.955 bits per heavy atom. The summed E-state index contributed by atoms with van der Waals surface area (Å²) in [5.74, 6) is 1.73. The van der Waals surface area contributed by atoms with Gasteiger partial charge in [-0.25, -0.2) is 4.98 Å². The molecule has 0 radical (unpaired) electrons. The van der Waals surface area contributed by atoms with Gasteiger partial charge in [0.05, 0.1) is 21.9 Å². The van der Waals surface area contributed by atoms with Crippen LogP contribution in [-0.2, 0) is 0 Å². The van der Waals surface area contributed by atoms with Crippen molar-refractivity contribution in [2.75, 3.05) is 0 Å². The van der Waals surface area contributed by atoms with Crippen LogP contribution >= 0.6 is 0 Å². The average Bonchev–Trinajstić information content (AvgIpc) is 3.62. The van der Waals surface area contributed by atoms with E-state index in [2.05, 4.69) is 57.7 Å². The van der Waals surface area contributed by atoms with E-state index in [1.54, 1.807) is 0 Å². The molecule has 5 aromatic carbocycles. The third kappa shape index (κ3) is 3.66. The molecule has 44 heavy (non-hydrogen) atoms. The van der Waals surface area contributed by atoms with E-state index in [0.29, 0.717) is 17.6 Å². The molecule has 0 unspecified atom stereocenters. The largest absolute Gasteiger partial charge is 0.292 e. The average molecular weight is 566 g/mol. The monoisotopic (exact) mass is 565 g/mol. The van der Waals surface area contributed by atoms with Crippen molar-refractivity contribution in [1.29, 1.82) is 0 Å². The van der Waals surface area contributed by atoms with Crippen LogP contribution in [0.25, 0.3) is 78.3 Å². The van der Waals surface area contributed by atoms with E-state index in [-0.39, 0.29) is 0 Å². The standard InChI is InChI=1S/C37H23N7/c1-4-14-24(15-5-1)34-38-35(25-16-6-2-7-17-25)40-37(39-34)44-30-23-13-11-21-28(30)32-33(44)31-27-20-10-12-22-29(27)43(36(31)42-41-32)26-18-8-3-9-19-26/h1-23H. The van der Waals surface area contributed by atoms with Crippen LogP contribution in [0.2, 0.25) is 0 Å². The molecule has 0 saturated heterocycles. The van der Waals surface area contributed by atoms with Gasteiger partial charge in [0.25, 0.3) is 0 Å². The van der Waals surface area contributed by atoms with Crippen LogP contribution in [0.15, 0.2) is 140 Å². The van der Waals surface area contributed by atoms with Gasteiger partial charge in [-0.2, -0.15) is 9.97 Å². The number of hydrogen-bond donors (Lipinski definition) is 0. The third-order valence-electron chi connectivity index (χ3n) is 8.08. The molecule has 9 rings (SSSR count). The van der Waals surface area contributed by atoms with Gasteiger partial charge < -0.3 is 0 Å². The first-order chi connectivity index (χ1) is 21.8. The molecule has 0 fully saturated rings. The van der Waals surface area contributed by atoms with Crippen LogP contribution in [-0.4, -0.2) is 34.3 Å². The van der Waals surface area contributed by atoms with Gasteiger partial charge in [0.1, 0.15) is 5.52 Å². The van der Waals surface area contributed by atoms with E-state index in [1.807, 2.05) is 91.0 Å². The summed E-state index contributed by atoms with van der Waals surface area (Å²) in [6.45, 7) is 0. The molecular weight excluding hydrogens is 542 g/mol. The fraction of sp³-hybridized carbons (Fsp3) is 0. The van der Waals surface area contributed by atoms with Crippen molar-refractivity contribution < 1.29 is 0 Å². The Bertz CT molecular complexity index is 2420. The first-order valence-electron chi connectivity index (χ1n) is 14.5. The lowest BCUT2D eigenvalue weighted by Gasteiger charge is -2.11. The molecule has 0 aliphatic carbocycles. The topological polar surface area (TPSA) is 74.3 Å². The highest BCUT2D eigenvalue weighted by Crippen LogP contribution is 2.39. The molecule has 0 N–H and O–H groups in total. The molecule has 7 nitrogen and oxygen atoms in total. The van der Waals surface area contributed by atoms with Crippen molar-refractivity contribution in [2.45, 2.75) is 0 Å². The zero-order chi connectivity index (χ0) is 29.0. The molecule has 4 heterocycles. The maximum absolute atomic E-state index is 5.11. The zero-order valence-corrected chi connectivity index (χ0v) is 23.4. The van der Waals surface area contributed by atoms with Crippen molar-refractivity contribution in [3.63, 3.8) is 0 Å². The molecule has 0 spiro atoms. The summed E-state index contributed by atoms with van der Waals surface area (Å²) in [7, 11) is 0. The number of benzene rings is 5. The summed E-state index contributed by atoms with van der Waals surface area (Å²) in [6.07, 6.45) is 0. The van der Waals surface area contributed by atoms with E-state index in [9.17, 15) is 0 Å². The Labute approximate surface area is 251 Å². The Morgan fingerprint density at radius 3 is 1.59 bits per heavy atom. The number of rotatable bonds is 4. The number of hydrogen-bond acceptors (Lipinski definition) is 5. The molecule has 0 saturated carbocycles. The molecule has 9 aromatic rings. The predicted octanol–water partition coefficient (Wildman–Crippen LogP) is 8.19. The van der Waals surface area contributed by atoms with E-state index in [0.717, 1.165) is 60.7 Å². The fourth-order valence-corrected chi connectivity index (χ4v) is 6.15. The number of aromatic nitrogens is 7. The number of para-hydroxylation sites is 3. The Morgan fingerprint density at radius 1 is 0.432 bits per heavy atom. The summed E-state index contributed by atoms with van der Waals surface area (Å²) < 4.78 is 4.31. The normalized spacial score (nSPS) is 11.6. The van der Waals surface area contributed by atoms with Gasteiger partial charge in [0.2, 0.25) is 5.95 Å². The third-order valence-corrected chi connectivity index (χ3v) is 8.08. The van der Waals surface area contributed by atoms with Crippen molar-refractivity contribution in [3.05, 3.63) is 140 Å². The lowest BCUT2D eigenvalue weighted by atomic mass is 10.1. The maximum Gasteiger partial charge on any atom is 0.238 e. The number of nitrogens with zero attached hydrogens (tertiary/aromatic N) is 7. The first-order valence-corrected chi connectivity index (χ1v) is 14.5. The van der Waals surface area contributed by atoms with E-state index in [4.69, 9.17) is 25.1 Å². The van der Waals surface area contributed by atoms with Crippen LogP contribution in [0, 0.1) is 0 Å². The van der Waals surface area contributed by atoms with Gasteiger partial charge in [-0.15, -0.1) is 10.2 Å². The van der Waals surface area contributed by atoms with Crippen LogP contribution in [0.1, 0.15) is 0 Å². The molecule has 7 heteroatoms. The van der Waals surface area contributed by atoms with Gasteiger partial charge in [0, 0.05) is 27.6 Å². The molecule has 0 bridgehead atoms. The second kappa shape index (κ2) is 9.68. The second-order valence-corrected chi connectivity index (χ2v) is 10.7. The van der Waals surface area contributed by atoms with Crippen molar-refractivity contribution >= 4 is 43.9 Å². The van der Waals surface area contributed by atoms with E-state index < -0.39 is 0 Å². The molecule has 0 aliphatic heterocycles. The molecule has 206 valence electrons. The SMILES string of the molecule is c1ccc(-c2nc(-c3ccccc3)nc(-n3c4ccccc4c4nnc5c(c6ccccc6n5-c5ccccc5)c43)n2)cc1. The highest BCUT2D eigenvalue weighted by Gasteiger charge is 2.24. The summed E-state index contributed by atoms with van der Waals surface area (Å²) in [5.41, 5.74) is 7.34. The van der Waals surface area contributed by atoms with Crippen molar-refractivity contribution in [3.8, 4) is 34.4 Å². The second-order valence-electron chi connectivity index (χ2n) is 10.7. The molecular formula is C37H23N7. The minimum Gasteiger partial charge on any atom is -0.292 e. The molecule has 0 aliphatic rings. The highest BCUT2D eigenvalue weighted by molar-refractivity contribution is 6.23. The Balaban J connectivity index is 1.46. The fourth-order valence-electron chi connectivity index (χ4n) is 6.15. The molecule has 4 aromatic heterocycles. The lowest BCUT2D eigenvalue weighted by molar-refractivity contribution is 0.952. The maximum atomic E-state index is 5.11. The molecule has 0 atom stereocenters. The first kappa shape index (κ1) is 24.4. The van der Waals surface area contributed by atoms with Gasteiger partial charge in [-0.1, -0.05) is 115 Å². The van der Waals surface area contributed by atoms with Crippen LogP contribution < -0.4 is 0 Å². The Kier molecular flexibility index (Phi) is 5.36. The van der Waals surface area contributed by atoms with Gasteiger partial charge >= 0.3 is 0 Å². The van der Waals surface area contributed by atoms with Gasteiger partial charge in [0.15, 0.2) is 17.3 Å². The summed E-state index contributed by atoms with van der Waals surface area (Å²) >= 11 is 0. The van der Waals surface area contributed by atoms with E-state index in [1.165, 1.54) is 0 Å². The minimum atomic E-state index is 0.523. The number of fused-ring (bicyclic) bond motifs is 7. The van der Waals surface area contributed by atoms with Gasteiger partial charge in [-0.3, -0.25) is 9.13 Å². The van der Waals surface area contributed by atoms with Gasteiger partial charge in [-0.05, 0) is 24.3 Å². The predicted molar refractivity (Wildman–Crippen MR) is 175 cm³/mol. The highest BCUT2D eigenvalue weighted by atomic mass is 15.2. The van der Waals surface area contributed by atoms with Crippen LogP contribution in [0.5, 0.6) is 0 Å². The van der Waals surface area contributed by atoms with Crippen LogP contribution in [0.3, 0.4) is 0 Å².